The van der Waals surface area contributed by atoms with Gasteiger partial charge in [-0.25, -0.2) is 4.99 Å². The fourth-order valence-electron chi connectivity index (χ4n) is 2.70. The highest BCUT2D eigenvalue weighted by molar-refractivity contribution is 9.10. The van der Waals surface area contributed by atoms with Gasteiger partial charge in [0.2, 0.25) is 0 Å². The second-order valence-electron chi connectivity index (χ2n) is 6.01. The number of hydrogen-bond donors (Lipinski definition) is 1. The first-order chi connectivity index (χ1) is 12.6. The van der Waals surface area contributed by atoms with Gasteiger partial charge < -0.3 is 10.1 Å². The van der Waals surface area contributed by atoms with E-state index in [-0.39, 0.29) is 5.91 Å². The van der Waals surface area contributed by atoms with Gasteiger partial charge in [0.05, 0.1) is 11.4 Å². The Labute approximate surface area is 159 Å². The molecule has 3 aromatic rings. The number of ether oxygens (including phenoxy) is 1. The zero-order valence-electron chi connectivity index (χ0n) is 14.0. The third-order valence-electron chi connectivity index (χ3n) is 4.03. The molecule has 26 heavy (non-hydrogen) atoms. The number of nitrogens with zero attached hydrogens (tertiary/aromatic N) is 1. The van der Waals surface area contributed by atoms with Crippen LogP contribution in [0.15, 0.2) is 76.2 Å². The molecule has 1 aliphatic rings. The van der Waals surface area contributed by atoms with Gasteiger partial charge in [-0.2, -0.15) is 0 Å². The lowest BCUT2D eigenvalue weighted by molar-refractivity contribution is -0.110. The smallest absolute Gasteiger partial charge is 0.275 e. The summed E-state index contributed by atoms with van der Waals surface area (Å²) in [6.07, 6.45) is 0. The van der Waals surface area contributed by atoms with Crippen molar-refractivity contribution in [3.05, 3.63) is 82.3 Å². The van der Waals surface area contributed by atoms with Crippen molar-refractivity contribution in [2.24, 2.45) is 4.99 Å². The molecule has 0 aliphatic carbocycles. The second-order valence-corrected chi connectivity index (χ2v) is 6.93. The first-order valence-electron chi connectivity index (χ1n) is 8.13. The van der Waals surface area contributed by atoms with Crippen LogP contribution in [0.3, 0.4) is 0 Å². The first-order valence-corrected chi connectivity index (χ1v) is 8.92. The van der Waals surface area contributed by atoms with Gasteiger partial charge in [0.15, 0.2) is 0 Å². The molecule has 1 amide bonds. The number of hydrogen-bond acceptors (Lipinski definition) is 3. The Morgan fingerprint density at radius 1 is 0.923 bits per heavy atom. The average molecular weight is 407 g/mol. The third kappa shape index (κ3) is 3.39. The summed E-state index contributed by atoms with van der Waals surface area (Å²) in [5.41, 5.74) is 3.86. The van der Waals surface area contributed by atoms with Crippen molar-refractivity contribution in [2.45, 2.75) is 6.92 Å². The normalized spacial score (nSPS) is 14.2. The van der Waals surface area contributed by atoms with E-state index in [1.54, 1.807) is 0 Å². The van der Waals surface area contributed by atoms with Crippen LogP contribution in [0.4, 0.5) is 11.4 Å². The first kappa shape index (κ1) is 16.5. The van der Waals surface area contributed by atoms with Crippen LogP contribution in [0.25, 0.3) is 0 Å². The van der Waals surface area contributed by atoms with E-state index in [2.05, 4.69) is 26.2 Å². The van der Waals surface area contributed by atoms with Crippen LogP contribution < -0.4 is 10.1 Å². The molecule has 0 saturated heterocycles. The molecule has 0 bridgehead atoms. The molecule has 1 N–H and O–H groups in total. The van der Waals surface area contributed by atoms with Crippen LogP contribution in [0, 0.1) is 6.92 Å². The fourth-order valence-corrected chi connectivity index (χ4v) is 3.06. The number of carbonyl (C=O) groups excluding carboxylic acids is 1. The minimum atomic E-state index is -0.196. The summed E-state index contributed by atoms with van der Waals surface area (Å²) in [5, 5.41) is 2.83. The molecule has 128 valence electrons. The monoisotopic (exact) mass is 406 g/mol. The van der Waals surface area contributed by atoms with E-state index in [0.29, 0.717) is 11.4 Å². The number of fused-ring (bicyclic) bond motifs is 1. The third-order valence-corrected chi connectivity index (χ3v) is 4.53. The quantitative estimate of drug-likeness (QED) is 0.613. The Kier molecular flexibility index (Phi) is 4.31. The summed E-state index contributed by atoms with van der Waals surface area (Å²) in [4.78, 5) is 16.7. The van der Waals surface area contributed by atoms with Crippen molar-refractivity contribution < 1.29 is 9.53 Å². The summed E-state index contributed by atoms with van der Waals surface area (Å²) in [5.74, 6) is 1.30. The largest absolute Gasteiger partial charge is 0.457 e. The highest BCUT2D eigenvalue weighted by atomic mass is 79.9. The maximum Gasteiger partial charge on any atom is 0.275 e. The Bertz CT molecular complexity index is 1010. The number of rotatable bonds is 3. The molecule has 0 aromatic heterocycles. The van der Waals surface area contributed by atoms with Crippen LogP contribution >= 0.6 is 15.9 Å². The Balaban J connectivity index is 1.58. The summed E-state index contributed by atoms with van der Waals surface area (Å²) >= 11 is 3.43. The van der Waals surface area contributed by atoms with E-state index >= 15 is 0 Å². The number of nitrogens with one attached hydrogen (secondary N) is 1. The lowest BCUT2D eigenvalue weighted by Crippen LogP contribution is -2.13. The molecule has 1 heterocycles. The molecule has 0 atom stereocenters. The van der Waals surface area contributed by atoms with Crippen LogP contribution in [-0.2, 0) is 4.79 Å². The molecule has 0 saturated carbocycles. The van der Waals surface area contributed by atoms with Gasteiger partial charge in [0.25, 0.3) is 5.91 Å². The Morgan fingerprint density at radius 2 is 1.58 bits per heavy atom. The predicted molar refractivity (Wildman–Crippen MR) is 107 cm³/mol. The van der Waals surface area contributed by atoms with Gasteiger partial charge >= 0.3 is 0 Å². The lowest BCUT2D eigenvalue weighted by atomic mass is 10.1. The minimum Gasteiger partial charge on any atom is -0.457 e. The molecule has 3 aromatic carbocycles. The SMILES string of the molecule is Cc1ccc(Oc2ccc(N=C3C(=O)Nc4ccc(Br)cc43)cc2)cc1. The summed E-state index contributed by atoms with van der Waals surface area (Å²) in [6, 6.07) is 20.9. The Morgan fingerprint density at radius 3 is 2.27 bits per heavy atom. The van der Waals surface area contributed by atoms with E-state index in [1.165, 1.54) is 5.56 Å². The maximum absolute atomic E-state index is 12.2. The minimum absolute atomic E-state index is 0.196. The van der Waals surface area contributed by atoms with E-state index < -0.39 is 0 Å². The molecular formula is C21H15BrN2O2. The van der Waals surface area contributed by atoms with Gasteiger partial charge in [-0.3, -0.25) is 4.79 Å². The second kappa shape index (κ2) is 6.77. The van der Waals surface area contributed by atoms with Crippen LogP contribution in [0.2, 0.25) is 0 Å². The molecule has 4 nitrogen and oxygen atoms in total. The van der Waals surface area contributed by atoms with Gasteiger partial charge in [0.1, 0.15) is 17.2 Å². The zero-order valence-corrected chi connectivity index (χ0v) is 15.6. The van der Waals surface area contributed by atoms with Crippen molar-refractivity contribution in [1.29, 1.82) is 0 Å². The van der Waals surface area contributed by atoms with Gasteiger partial charge in [-0.15, -0.1) is 0 Å². The average Bonchev–Trinajstić information content (AvgIpc) is 2.94. The number of halogens is 1. The highest BCUT2D eigenvalue weighted by Crippen LogP contribution is 2.29. The number of aliphatic imine (C=N–C) groups is 1. The maximum atomic E-state index is 12.2. The van der Waals surface area contributed by atoms with Crippen molar-refractivity contribution in [2.75, 3.05) is 5.32 Å². The number of anilines is 1. The van der Waals surface area contributed by atoms with Crippen LogP contribution in [-0.4, -0.2) is 11.6 Å². The van der Waals surface area contributed by atoms with Gasteiger partial charge in [-0.1, -0.05) is 33.6 Å². The van der Waals surface area contributed by atoms with Crippen molar-refractivity contribution in [3.8, 4) is 11.5 Å². The fraction of sp³-hybridized carbons (Fsp3) is 0.0476. The number of benzene rings is 3. The van der Waals surface area contributed by atoms with Gasteiger partial charge in [0, 0.05) is 10.0 Å². The lowest BCUT2D eigenvalue weighted by Gasteiger charge is -2.06. The Hall–Kier alpha value is -2.92. The van der Waals surface area contributed by atoms with Gasteiger partial charge in [-0.05, 0) is 61.5 Å². The van der Waals surface area contributed by atoms with E-state index in [1.807, 2.05) is 73.7 Å². The number of aryl methyl sites for hydroxylation is 1. The number of amides is 1. The molecule has 0 unspecified atom stereocenters. The molecule has 1 aliphatic heterocycles. The van der Waals surface area contributed by atoms with E-state index in [4.69, 9.17) is 4.74 Å². The standard InChI is InChI=1S/C21H15BrN2O2/c1-13-2-7-16(8-3-13)26-17-9-5-15(6-10-17)23-20-18-12-14(22)4-11-19(18)24-21(20)25/h2-12H,1H3,(H,23,24,25). The topological polar surface area (TPSA) is 50.7 Å². The molecule has 0 fully saturated rings. The van der Waals surface area contributed by atoms with Crippen molar-refractivity contribution in [3.63, 3.8) is 0 Å². The molecule has 0 radical (unpaired) electrons. The molecule has 0 spiro atoms. The molecule has 5 heteroatoms. The zero-order chi connectivity index (χ0) is 18.1. The summed E-state index contributed by atoms with van der Waals surface area (Å²) < 4.78 is 6.72. The van der Waals surface area contributed by atoms with E-state index in [0.717, 1.165) is 27.2 Å². The van der Waals surface area contributed by atoms with E-state index in [9.17, 15) is 4.79 Å². The molecule has 4 rings (SSSR count). The summed E-state index contributed by atoms with van der Waals surface area (Å²) in [7, 11) is 0. The van der Waals surface area contributed by atoms with Crippen LogP contribution in [0.5, 0.6) is 11.5 Å². The van der Waals surface area contributed by atoms with Crippen LogP contribution in [0.1, 0.15) is 11.1 Å². The molecular weight excluding hydrogens is 392 g/mol. The van der Waals surface area contributed by atoms with Crippen molar-refractivity contribution >= 4 is 38.9 Å². The summed E-state index contributed by atoms with van der Waals surface area (Å²) in [6.45, 7) is 2.04. The van der Waals surface area contributed by atoms with Crippen molar-refractivity contribution in [1.82, 2.24) is 0 Å². The highest BCUT2D eigenvalue weighted by Gasteiger charge is 2.25. The predicted octanol–water partition coefficient (Wildman–Crippen LogP) is 5.62. The number of carbonyl (C=O) groups is 1.